The number of ether oxygens (including phenoxy) is 1. The first-order valence-electron chi connectivity index (χ1n) is 11.2. The van der Waals surface area contributed by atoms with Gasteiger partial charge in [-0.2, -0.15) is 0 Å². The predicted octanol–water partition coefficient (Wildman–Crippen LogP) is 3.14. The molecule has 2 N–H and O–H groups in total. The fourth-order valence-corrected chi connectivity index (χ4v) is 6.95. The molecule has 1 aromatic rings. The second kappa shape index (κ2) is 9.80. The van der Waals surface area contributed by atoms with Gasteiger partial charge in [0.05, 0.1) is 0 Å². The molecule has 174 valence electrons. The molecular weight excluding hydrogens is 513 g/mol. The molecule has 1 saturated carbocycles. The monoisotopic (exact) mass is 549 g/mol. The Morgan fingerprint density at radius 3 is 2.44 bits per heavy atom. The first-order valence-corrected chi connectivity index (χ1v) is 21.2. The zero-order valence-corrected chi connectivity index (χ0v) is 22.8. The molecule has 1 heterocycles. The molecule has 32 heavy (non-hydrogen) atoms. The maximum absolute atomic E-state index is 13.0. The molecule has 1 amide bonds. The summed E-state index contributed by atoms with van der Waals surface area (Å²) in [6.07, 6.45) is 3.93. The summed E-state index contributed by atoms with van der Waals surface area (Å²) in [7, 11) is 0. The Morgan fingerprint density at radius 1 is 1.19 bits per heavy atom. The van der Waals surface area contributed by atoms with Crippen molar-refractivity contribution in [2.45, 2.75) is 67.0 Å². The van der Waals surface area contributed by atoms with Crippen LogP contribution in [0, 0.1) is 5.92 Å². The van der Waals surface area contributed by atoms with Crippen LogP contribution in [0.1, 0.15) is 51.2 Å². The zero-order valence-electron chi connectivity index (χ0n) is 20.0. The quantitative estimate of drug-likeness (QED) is 0.511. The molecule has 1 aliphatic carbocycles. The van der Waals surface area contributed by atoms with Gasteiger partial charge in [-0.3, -0.25) is 0 Å². The van der Waals surface area contributed by atoms with Crippen LogP contribution >= 0.6 is 0 Å². The molecule has 0 saturated heterocycles. The fraction of sp³-hybridized carbons (Fsp3) is 0.565. The molecule has 8 nitrogen and oxygen atoms in total. The van der Waals surface area contributed by atoms with Crippen LogP contribution in [0.2, 0.25) is 14.8 Å². The van der Waals surface area contributed by atoms with E-state index in [4.69, 9.17) is 4.74 Å². The molecule has 1 aliphatic heterocycles. The number of rotatable bonds is 7. The summed E-state index contributed by atoms with van der Waals surface area (Å²) < 4.78 is 6.94. The van der Waals surface area contributed by atoms with Gasteiger partial charge in [0.2, 0.25) is 0 Å². The van der Waals surface area contributed by atoms with Gasteiger partial charge in [0, 0.05) is 0 Å². The average Bonchev–Trinajstić information content (AvgIpc) is 2.64. The van der Waals surface area contributed by atoms with Crippen molar-refractivity contribution in [2.75, 3.05) is 6.54 Å². The molecule has 0 unspecified atom stereocenters. The zero-order chi connectivity index (χ0) is 23.5. The number of benzene rings is 1. The molecule has 9 heteroatoms. The fourth-order valence-electron chi connectivity index (χ4n) is 3.50. The van der Waals surface area contributed by atoms with Gasteiger partial charge in [-0.1, -0.05) is 0 Å². The number of amidine groups is 1. The van der Waals surface area contributed by atoms with Crippen molar-refractivity contribution in [3.05, 3.63) is 29.3 Å². The number of ketones is 1. The SMILES string of the molecule is CC(C)(C)OC(=O)N(CC(=O)C1CCC1)Cc1cc(C2=NNC=NN2)c[c]([Sn]([CH3])([CH3])[CH3])c1. The van der Waals surface area contributed by atoms with Crippen molar-refractivity contribution >= 4 is 46.0 Å². The Labute approximate surface area is 194 Å². The Morgan fingerprint density at radius 2 is 1.91 bits per heavy atom. The number of hydrogen-bond donors (Lipinski definition) is 2. The van der Waals surface area contributed by atoms with Gasteiger partial charge >= 0.3 is 195 Å². The molecule has 3 rings (SSSR count). The molecule has 1 fully saturated rings. The molecule has 0 spiro atoms. The summed E-state index contributed by atoms with van der Waals surface area (Å²) in [5, 5.41) is 8.32. The van der Waals surface area contributed by atoms with E-state index in [0.717, 1.165) is 30.4 Å². The molecular formula is C23H35N5O3Sn. The molecule has 0 bridgehead atoms. The standard InChI is InChI=1S/C20H26N5O3.3CH3.Sn/c1-20(2,3)28-19(27)25(12-17(26)15-7-5-8-15)11-14-6-4-9-16(10-14)18-23-21-13-22-24-18;;;;/h6,9-10,13,15H,5,7-8,11-12H2,1-3H3,(H,21,22)(H,23,24);3*1H3;. The number of carbonyl (C=O) groups excluding carboxylic acids is 2. The van der Waals surface area contributed by atoms with E-state index >= 15 is 0 Å². The van der Waals surface area contributed by atoms with Gasteiger partial charge in [-0.05, 0) is 0 Å². The second-order valence-electron chi connectivity index (χ2n) is 10.6. The molecule has 0 atom stereocenters. The minimum absolute atomic E-state index is 0.0670. The van der Waals surface area contributed by atoms with E-state index in [-0.39, 0.29) is 18.2 Å². The van der Waals surface area contributed by atoms with Crippen molar-refractivity contribution < 1.29 is 14.3 Å². The van der Waals surface area contributed by atoms with Crippen molar-refractivity contribution in [1.82, 2.24) is 15.8 Å². The minimum atomic E-state index is -2.46. The van der Waals surface area contributed by atoms with E-state index in [9.17, 15) is 9.59 Å². The van der Waals surface area contributed by atoms with Gasteiger partial charge in [-0.25, -0.2) is 0 Å². The van der Waals surface area contributed by atoms with Gasteiger partial charge in [0.15, 0.2) is 0 Å². The van der Waals surface area contributed by atoms with E-state index in [0.29, 0.717) is 12.4 Å². The molecule has 0 radical (unpaired) electrons. The summed E-state index contributed by atoms with van der Waals surface area (Å²) in [5.41, 5.74) is 6.93. The van der Waals surface area contributed by atoms with Crippen LogP contribution in [0.25, 0.3) is 0 Å². The summed E-state index contributed by atoms with van der Waals surface area (Å²) >= 11 is -2.46. The average molecular weight is 548 g/mol. The summed E-state index contributed by atoms with van der Waals surface area (Å²) in [5.74, 6) is 0.809. The number of nitrogens with one attached hydrogen (secondary N) is 2. The normalized spacial score (nSPS) is 16.4. The molecule has 2 aliphatic rings. The van der Waals surface area contributed by atoms with Crippen LogP contribution in [0.4, 0.5) is 4.79 Å². The van der Waals surface area contributed by atoms with E-state index in [1.807, 2.05) is 26.8 Å². The molecule has 1 aromatic carbocycles. The van der Waals surface area contributed by atoms with Gasteiger partial charge in [0.1, 0.15) is 0 Å². The Bertz CT molecular complexity index is 927. The first kappa shape index (κ1) is 24.5. The number of carbonyl (C=O) groups is 2. The summed E-state index contributed by atoms with van der Waals surface area (Å²) in [6.45, 7) is 5.89. The third-order valence-corrected chi connectivity index (χ3v) is 11.3. The molecule has 0 aromatic heterocycles. The Kier molecular flexibility index (Phi) is 7.52. The summed E-state index contributed by atoms with van der Waals surface area (Å²) in [4.78, 5) is 34.3. The van der Waals surface area contributed by atoms with Crippen LogP contribution in [-0.2, 0) is 16.1 Å². The Hall–Kier alpha value is -2.10. The third-order valence-electron chi connectivity index (χ3n) is 5.53. The van der Waals surface area contributed by atoms with Crippen LogP contribution in [0.5, 0.6) is 0 Å². The summed E-state index contributed by atoms with van der Waals surface area (Å²) in [6, 6.07) is 6.33. The van der Waals surface area contributed by atoms with Crippen LogP contribution in [0.3, 0.4) is 0 Å². The van der Waals surface area contributed by atoms with Crippen LogP contribution in [0.15, 0.2) is 28.4 Å². The van der Waals surface area contributed by atoms with E-state index in [2.05, 4.69) is 48.0 Å². The topological polar surface area (TPSA) is 95.4 Å². The van der Waals surface area contributed by atoms with Crippen molar-refractivity contribution in [2.24, 2.45) is 16.1 Å². The third kappa shape index (κ3) is 6.70. The van der Waals surface area contributed by atoms with Gasteiger partial charge in [-0.15, -0.1) is 0 Å². The predicted molar refractivity (Wildman–Crippen MR) is 130 cm³/mol. The number of hydrogen-bond acceptors (Lipinski definition) is 7. The second-order valence-corrected chi connectivity index (χ2v) is 25.0. The van der Waals surface area contributed by atoms with Crippen molar-refractivity contribution in [3.8, 4) is 0 Å². The van der Waals surface area contributed by atoms with Crippen molar-refractivity contribution in [3.63, 3.8) is 0 Å². The van der Waals surface area contributed by atoms with Crippen LogP contribution in [-0.4, -0.2) is 59.5 Å². The number of nitrogens with zero attached hydrogens (tertiary/aromatic N) is 3. The van der Waals surface area contributed by atoms with Crippen LogP contribution < -0.4 is 14.4 Å². The number of hydrazone groups is 2. The first-order chi connectivity index (χ1) is 14.9. The number of Topliss-reactive ketones (excluding diaryl/α,β-unsaturated/α-hetero) is 1. The van der Waals surface area contributed by atoms with Gasteiger partial charge in [0.25, 0.3) is 0 Å². The Balaban J connectivity index is 1.91. The maximum atomic E-state index is 13.0. The number of amides is 1. The van der Waals surface area contributed by atoms with E-state index < -0.39 is 30.1 Å². The van der Waals surface area contributed by atoms with Gasteiger partial charge < -0.3 is 0 Å². The van der Waals surface area contributed by atoms with E-state index in [1.54, 1.807) is 4.90 Å². The van der Waals surface area contributed by atoms with Crippen molar-refractivity contribution in [1.29, 1.82) is 0 Å². The van der Waals surface area contributed by atoms with E-state index in [1.165, 1.54) is 9.92 Å².